The van der Waals surface area contributed by atoms with Gasteiger partial charge in [-0.2, -0.15) is 0 Å². The summed E-state index contributed by atoms with van der Waals surface area (Å²) in [5, 5.41) is 10.6. The molecule has 1 N–H and O–H groups in total. The van der Waals surface area contributed by atoms with Gasteiger partial charge in [-0.25, -0.2) is 4.79 Å². The van der Waals surface area contributed by atoms with Crippen LogP contribution in [-0.2, 0) is 16.1 Å². The zero-order valence-electron chi connectivity index (χ0n) is 11.1. The zero-order chi connectivity index (χ0) is 13.5. The number of aliphatic carboxylic acids is 1. The molecule has 0 saturated heterocycles. The van der Waals surface area contributed by atoms with Crippen LogP contribution in [-0.4, -0.2) is 17.2 Å². The molecule has 18 heavy (non-hydrogen) atoms. The average molecular weight is 268 g/mol. The lowest BCUT2D eigenvalue weighted by atomic mass is 10.1. The lowest BCUT2D eigenvalue weighted by Gasteiger charge is -2.14. The normalized spacial score (nSPS) is 13.3. The first kappa shape index (κ1) is 14.9. The minimum absolute atomic E-state index is 0.225. The minimum atomic E-state index is -0.929. The van der Waals surface area contributed by atoms with Gasteiger partial charge in [0.25, 0.3) is 0 Å². The molecule has 100 valence electrons. The Balaban J connectivity index is 2.52. The average Bonchev–Trinajstić information content (AvgIpc) is 2.70. The van der Waals surface area contributed by atoms with Crippen LogP contribution in [0.5, 0.6) is 0 Å². The monoisotopic (exact) mass is 268 g/mol. The van der Waals surface area contributed by atoms with Crippen molar-refractivity contribution in [1.29, 1.82) is 0 Å². The highest BCUT2D eigenvalue weighted by atomic mass is 32.1. The fourth-order valence-electron chi connectivity index (χ4n) is 1.73. The predicted octanol–water partition coefficient (Wildman–Crippen LogP) is 3.80. The van der Waals surface area contributed by atoms with Crippen molar-refractivity contribution in [2.24, 2.45) is 5.92 Å². The lowest BCUT2D eigenvalue weighted by molar-refractivity contribution is -0.131. The largest absolute Gasteiger partial charge is 0.478 e. The van der Waals surface area contributed by atoms with Crippen molar-refractivity contribution in [1.82, 2.24) is 0 Å². The Morgan fingerprint density at radius 2 is 2.22 bits per heavy atom. The Kier molecular flexibility index (Phi) is 6.09. The summed E-state index contributed by atoms with van der Waals surface area (Å²) < 4.78 is 5.77. The first-order chi connectivity index (χ1) is 8.49. The number of ether oxygens (including phenoxy) is 1. The van der Waals surface area contributed by atoms with Gasteiger partial charge in [0.1, 0.15) is 0 Å². The minimum Gasteiger partial charge on any atom is -0.478 e. The number of carbonyl (C=O) groups is 1. The molecule has 1 heterocycles. The number of carboxylic acid groups (broad SMARTS) is 1. The maximum absolute atomic E-state index is 10.5. The van der Waals surface area contributed by atoms with Crippen LogP contribution < -0.4 is 0 Å². The summed E-state index contributed by atoms with van der Waals surface area (Å²) in [4.78, 5) is 11.6. The second kappa shape index (κ2) is 7.34. The van der Waals surface area contributed by atoms with E-state index in [0.717, 1.165) is 22.9 Å². The molecule has 0 spiro atoms. The summed E-state index contributed by atoms with van der Waals surface area (Å²) in [5.74, 6) is -0.309. The van der Waals surface area contributed by atoms with E-state index in [4.69, 9.17) is 9.84 Å². The van der Waals surface area contributed by atoms with Gasteiger partial charge < -0.3 is 9.84 Å². The van der Waals surface area contributed by atoms with Crippen LogP contribution in [0.3, 0.4) is 0 Å². The third kappa shape index (κ3) is 5.47. The summed E-state index contributed by atoms with van der Waals surface area (Å²) in [5.41, 5.74) is 0.930. The van der Waals surface area contributed by atoms with Crippen LogP contribution in [0, 0.1) is 5.92 Å². The molecule has 1 unspecified atom stereocenters. The summed E-state index contributed by atoms with van der Waals surface area (Å²) in [7, 11) is 0. The van der Waals surface area contributed by atoms with Crippen molar-refractivity contribution in [3.05, 3.63) is 28.0 Å². The van der Waals surface area contributed by atoms with Gasteiger partial charge in [0.15, 0.2) is 0 Å². The maximum Gasteiger partial charge on any atom is 0.328 e. The number of hydrogen-bond donors (Lipinski definition) is 1. The molecule has 0 saturated carbocycles. The van der Waals surface area contributed by atoms with E-state index in [2.05, 4.69) is 20.8 Å². The summed E-state index contributed by atoms with van der Waals surface area (Å²) in [6, 6.07) is 1.91. The van der Waals surface area contributed by atoms with Crippen LogP contribution in [0.4, 0.5) is 0 Å². The van der Waals surface area contributed by atoms with Gasteiger partial charge in [0, 0.05) is 11.0 Å². The Morgan fingerprint density at radius 3 is 2.83 bits per heavy atom. The highest BCUT2D eigenvalue weighted by Gasteiger charge is 2.08. The van der Waals surface area contributed by atoms with Crippen LogP contribution in [0.25, 0.3) is 6.08 Å². The molecule has 1 rings (SSSR count). The van der Waals surface area contributed by atoms with Crippen molar-refractivity contribution >= 4 is 23.4 Å². The molecule has 0 aliphatic carbocycles. The van der Waals surface area contributed by atoms with Gasteiger partial charge in [-0.15, -0.1) is 11.3 Å². The maximum atomic E-state index is 10.5. The van der Waals surface area contributed by atoms with Crippen molar-refractivity contribution in [3.8, 4) is 0 Å². The van der Waals surface area contributed by atoms with Gasteiger partial charge >= 0.3 is 5.97 Å². The summed E-state index contributed by atoms with van der Waals surface area (Å²) >= 11 is 1.59. The van der Waals surface area contributed by atoms with E-state index in [1.807, 2.05) is 11.4 Å². The van der Waals surface area contributed by atoms with Gasteiger partial charge in [0.05, 0.1) is 12.7 Å². The molecule has 1 atom stereocenters. The van der Waals surface area contributed by atoms with E-state index >= 15 is 0 Å². The van der Waals surface area contributed by atoms with Crippen LogP contribution >= 0.6 is 11.3 Å². The van der Waals surface area contributed by atoms with E-state index in [1.54, 1.807) is 17.4 Å². The first-order valence-corrected chi connectivity index (χ1v) is 6.96. The summed E-state index contributed by atoms with van der Waals surface area (Å²) in [6.07, 6.45) is 4.03. The second-order valence-electron chi connectivity index (χ2n) is 4.72. The van der Waals surface area contributed by atoms with Gasteiger partial charge in [-0.3, -0.25) is 0 Å². The number of rotatable bonds is 7. The van der Waals surface area contributed by atoms with Crippen LogP contribution in [0.2, 0.25) is 0 Å². The van der Waals surface area contributed by atoms with Crippen molar-refractivity contribution in [2.75, 3.05) is 0 Å². The molecule has 0 fully saturated rings. The molecule has 0 bridgehead atoms. The predicted molar refractivity (Wildman–Crippen MR) is 74.7 cm³/mol. The molecular formula is C14H20O3S. The van der Waals surface area contributed by atoms with Gasteiger partial charge in [-0.05, 0) is 42.3 Å². The molecule has 0 radical (unpaired) electrons. The van der Waals surface area contributed by atoms with E-state index < -0.39 is 5.97 Å². The molecule has 4 heteroatoms. The van der Waals surface area contributed by atoms with E-state index in [9.17, 15) is 4.79 Å². The Hall–Kier alpha value is -1.13. The smallest absolute Gasteiger partial charge is 0.328 e. The molecule has 0 amide bonds. The zero-order valence-corrected chi connectivity index (χ0v) is 11.9. The third-order valence-corrected chi connectivity index (χ3v) is 3.40. The Labute approximate surface area is 112 Å². The lowest BCUT2D eigenvalue weighted by Crippen LogP contribution is -2.10. The van der Waals surface area contributed by atoms with E-state index in [-0.39, 0.29) is 6.10 Å². The molecule has 0 aliphatic rings. The van der Waals surface area contributed by atoms with Crippen LogP contribution in [0.15, 0.2) is 17.5 Å². The van der Waals surface area contributed by atoms with Crippen molar-refractivity contribution in [2.45, 2.75) is 39.9 Å². The number of hydrogen-bond acceptors (Lipinski definition) is 3. The molecular weight excluding hydrogens is 248 g/mol. The van der Waals surface area contributed by atoms with E-state index in [1.165, 1.54) is 0 Å². The topological polar surface area (TPSA) is 46.5 Å². The highest BCUT2D eigenvalue weighted by Crippen LogP contribution is 2.21. The standard InChI is InChI=1S/C14H20O3S/c1-10(2)8-11(3)17-9-13-12(6-7-18-13)4-5-14(15)16/h4-7,10-11H,8-9H2,1-3H3,(H,15,16). The van der Waals surface area contributed by atoms with E-state index in [0.29, 0.717) is 12.5 Å². The summed E-state index contributed by atoms with van der Waals surface area (Å²) in [6.45, 7) is 6.96. The fourth-order valence-corrected chi connectivity index (χ4v) is 2.51. The molecule has 0 aliphatic heterocycles. The highest BCUT2D eigenvalue weighted by molar-refractivity contribution is 7.10. The van der Waals surface area contributed by atoms with Crippen LogP contribution in [0.1, 0.15) is 37.6 Å². The SMILES string of the molecule is CC(C)CC(C)OCc1sccc1C=CC(=O)O. The molecule has 1 aromatic heterocycles. The molecule has 1 aromatic rings. The quantitative estimate of drug-likeness (QED) is 0.765. The Morgan fingerprint density at radius 1 is 1.50 bits per heavy atom. The molecule has 3 nitrogen and oxygen atoms in total. The van der Waals surface area contributed by atoms with Crippen molar-refractivity contribution < 1.29 is 14.6 Å². The fraction of sp³-hybridized carbons (Fsp3) is 0.500. The van der Waals surface area contributed by atoms with Gasteiger partial charge in [-0.1, -0.05) is 13.8 Å². The third-order valence-electron chi connectivity index (χ3n) is 2.49. The van der Waals surface area contributed by atoms with Crippen molar-refractivity contribution in [3.63, 3.8) is 0 Å². The first-order valence-electron chi connectivity index (χ1n) is 6.08. The number of carboxylic acids is 1. The van der Waals surface area contributed by atoms with Gasteiger partial charge in [0.2, 0.25) is 0 Å². The molecule has 0 aromatic carbocycles. The number of thiophene rings is 1. The second-order valence-corrected chi connectivity index (χ2v) is 5.72. The Bertz CT molecular complexity index is 407.